The van der Waals surface area contributed by atoms with Gasteiger partial charge in [0.1, 0.15) is 6.61 Å². The summed E-state index contributed by atoms with van der Waals surface area (Å²) in [6.45, 7) is -0.0780. The Hall–Kier alpha value is -0.300. The van der Waals surface area contributed by atoms with Crippen molar-refractivity contribution in [3.8, 4) is 0 Å². The summed E-state index contributed by atoms with van der Waals surface area (Å²) in [6.07, 6.45) is -2.41. The van der Waals surface area contributed by atoms with Crippen LogP contribution in [-0.4, -0.2) is 48.6 Å². The summed E-state index contributed by atoms with van der Waals surface area (Å²) in [5, 5.41) is 0.934. The Balaban J connectivity index is 2.14. The molecule has 1 rings (SSSR count). The molecule has 0 N–H and O–H groups in total. The Morgan fingerprint density at radius 3 is 2.44 bits per heavy atom. The summed E-state index contributed by atoms with van der Waals surface area (Å²) in [5.74, 6) is 0.473. The number of piperidine rings is 1. The van der Waals surface area contributed by atoms with Crippen LogP contribution < -0.4 is 0 Å². The minimum atomic E-state index is -4.32. The molecule has 0 aliphatic carbocycles. The summed E-state index contributed by atoms with van der Waals surface area (Å²) in [5.41, 5.74) is 0. The average molecular weight is 332 g/mol. The van der Waals surface area contributed by atoms with Crippen molar-refractivity contribution in [2.45, 2.75) is 25.4 Å². The van der Waals surface area contributed by atoms with Crippen LogP contribution in [0.2, 0.25) is 0 Å². The number of hydrogen-bond acceptors (Lipinski definition) is 2. The number of carbonyl (C=O) groups excluding carboxylic acids is 1. The third-order valence-electron chi connectivity index (χ3n) is 2.91. The van der Waals surface area contributed by atoms with Gasteiger partial charge in [0.2, 0.25) is 5.91 Å². The highest BCUT2D eigenvalue weighted by Crippen LogP contribution is 2.19. The fourth-order valence-electron chi connectivity index (χ4n) is 1.84. The summed E-state index contributed by atoms with van der Waals surface area (Å²) < 4.78 is 39.8. The van der Waals surface area contributed by atoms with Crippen LogP contribution in [0.15, 0.2) is 0 Å². The number of amides is 1. The van der Waals surface area contributed by atoms with E-state index < -0.39 is 12.8 Å². The molecule has 1 fully saturated rings. The number of ether oxygens (including phenoxy) is 1. The van der Waals surface area contributed by atoms with Gasteiger partial charge in [0.15, 0.2) is 0 Å². The molecule has 1 aliphatic rings. The number of likely N-dealkylation sites (tertiary alicyclic amines) is 1. The van der Waals surface area contributed by atoms with Gasteiger partial charge in [-0.15, -0.1) is 0 Å². The molecule has 0 bridgehead atoms. The van der Waals surface area contributed by atoms with Crippen molar-refractivity contribution in [3.63, 3.8) is 0 Å². The first-order valence-corrected chi connectivity index (χ1v) is 7.03. The standard InChI is InChI=1S/C11H17BrF3NO2/c12-7-9-1-4-16(5-2-9)10(17)3-6-18-8-11(13,14)15/h9H,1-8H2. The fraction of sp³-hybridized carbons (Fsp3) is 0.909. The lowest BCUT2D eigenvalue weighted by Gasteiger charge is -2.31. The van der Waals surface area contributed by atoms with Gasteiger partial charge in [0.05, 0.1) is 13.0 Å². The van der Waals surface area contributed by atoms with E-state index in [1.54, 1.807) is 4.90 Å². The van der Waals surface area contributed by atoms with Crippen molar-refractivity contribution in [2.75, 3.05) is 31.6 Å². The van der Waals surface area contributed by atoms with Gasteiger partial charge >= 0.3 is 6.18 Å². The lowest BCUT2D eigenvalue weighted by molar-refractivity contribution is -0.175. The Morgan fingerprint density at radius 1 is 1.33 bits per heavy atom. The van der Waals surface area contributed by atoms with Gasteiger partial charge < -0.3 is 9.64 Å². The van der Waals surface area contributed by atoms with Crippen LogP contribution in [0.5, 0.6) is 0 Å². The lowest BCUT2D eigenvalue weighted by Crippen LogP contribution is -2.39. The zero-order valence-electron chi connectivity index (χ0n) is 10.0. The molecule has 0 atom stereocenters. The molecule has 1 aliphatic heterocycles. The van der Waals surface area contributed by atoms with Crippen LogP contribution >= 0.6 is 15.9 Å². The molecule has 1 heterocycles. The first-order valence-electron chi connectivity index (χ1n) is 5.90. The van der Waals surface area contributed by atoms with Gasteiger partial charge in [-0.2, -0.15) is 13.2 Å². The van der Waals surface area contributed by atoms with Crippen LogP contribution in [0, 0.1) is 5.92 Å². The third-order valence-corrected chi connectivity index (χ3v) is 3.83. The second-order valence-corrected chi connectivity index (χ2v) is 5.04. The van der Waals surface area contributed by atoms with E-state index in [9.17, 15) is 18.0 Å². The molecule has 106 valence electrons. The van der Waals surface area contributed by atoms with E-state index in [1.807, 2.05) is 0 Å². The maximum atomic E-state index is 11.8. The monoisotopic (exact) mass is 331 g/mol. The molecule has 0 aromatic carbocycles. The quantitative estimate of drug-likeness (QED) is 0.572. The van der Waals surface area contributed by atoms with Crippen LogP contribution in [-0.2, 0) is 9.53 Å². The smallest absolute Gasteiger partial charge is 0.372 e. The zero-order chi connectivity index (χ0) is 13.6. The topological polar surface area (TPSA) is 29.5 Å². The van der Waals surface area contributed by atoms with E-state index in [0.29, 0.717) is 19.0 Å². The minimum Gasteiger partial charge on any atom is -0.372 e. The van der Waals surface area contributed by atoms with Crippen LogP contribution in [0.4, 0.5) is 13.2 Å². The van der Waals surface area contributed by atoms with Gasteiger partial charge in [-0.05, 0) is 18.8 Å². The highest BCUT2D eigenvalue weighted by molar-refractivity contribution is 9.09. The summed E-state index contributed by atoms with van der Waals surface area (Å²) >= 11 is 3.41. The number of alkyl halides is 4. The Labute approximate surface area is 113 Å². The van der Waals surface area contributed by atoms with E-state index in [0.717, 1.165) is 18.2 Å². The molecule has 7 heteroatoms. The van der Waals surface area contributed by atoms with E-state index in [2.05, 4.69) is 20.7 Å². The zero-order valence-corrected chi connectivity index (χ0v) is 11.6. The highest BCUT2D eigenvalue weighted by Gasteiger charge is 2.27. The molecule has 0 spiro atoms. The highest BCUT2D eigenvalue weighted by atomic mass is 79.9. The molecule has 1 amide bonds. The maximum Gasteiger partial charge on any atom is 0.411 e. The SMILES string of the molecule is O=C(CCOCC(F)(F)F)N1CCC(CBr)CC1. The largest absolute Gasteiger partial charge is 0.411 e. The van der Waals surface area contributed by atoms with E-state index in [4.69, 9.17) is 0 Å². The van der Waals surface area contributed by atoms with E-state index in [-0.39, 0.29) is 18.9 Å². The first-order chi connectivity index (χ1) is 8.42. The van der Waals surface area contributed by atoms with Crippen LogP contribution in [0.1, 0.15) is 19.3 Å². The maximum absolute atomic E-state index is 11.8. The number of halogens is 4. The van der Waals surface area contributed by atoms with Crippen LogP contribution in [0.3, 0.4) is 0 Å². The Bertz CT molecular complexity index is 266. The van der Waals surface area contributed by atoms with Crippen molar-refractivity contribution in [1.29, 1.82) is 0 Å². The molecule has 0 aromatic heterocycles. The predicted molar refractivity (Wildman–Crippen MR) is 64.6 cm³/mol. The van der Waals surface area contributed by atoms with Crippen molar-refractivity contribution in [1.82, 2.24) is 4.90 Å². The van der Waals surface area contributed by atoms with Crippen LogP contribution in [0.25, 0.3) is 0 Å². The molecule has 0 aromatic rings. The summed E-state index contributed by atoms with van der Waals surface area (Å²) in [6, 6.07) is 0. The number of carbonyl (C=O) groups is 1. The number of hydrogen-bond donors (Lipinski definition) is 0. The second-order valence-electron chi connectivity index (χ2n) is 4.40. The van der Waals surface area contributed by atoms with Crippen molar-refractivity contribution in [2.24, 2.45) is 5.92 Å². The van der Waals surface area contributed by atoms with E-state index in [1.165, 1.54) is 0 Å². The summed E-state index contributed by atoms with van der Waals surface area (Å²) in [4.78, 5) is 13.4. The fourth-order valence-corrected chi connectivity index (χ4v) is 2.49. The van der Waals surface area contributed by atoms with E-state index >= 15 is 0 Å². The van der Waals surface area contributed by atoms with Crippen molar-refractivity contribution >= 4 is 21.8 Å². The van der Waals surface area contributed by atoms with Crippen molar-refractivity contribution < 1.29 is 22.7 Å². The van der Waals surface area contributed by atoms with Gasteiger partial charge in [-0.25, -0.2) is 0 Å². The minimum absolute atomic E-state index is 0.0229. The summed E-state index contributed by atoms with van der Waals surface area (Å²) in [7, 11) is 0. The first kappa shape index (κ1) is 15.8. The molecule has 1 saturated heterocycles. The third kappa shape index (κ3) is 6.04. The molecule has 0 saturated carbocycles. The predicted octanol–water partition coefficient (Wildman–Crippen LogP) is 2.59. The lowest BCUT2D eigenvalue weighted by atomic mass is 9.99. The number of rotatable bonds is 5. The van der Waals surface area contributed by atoms with Gasteiger partial charge in [0.25, 0.3) is 0 Å². The van der Waals surface area contributed by atoms with Crippen molar-refractivity contribution in [3.05, 3.63) is 0 Å². The molecular weight excluding hydrogens is 315 g/mol. The molecular formula is C11H17BrF3NO2. The Kier molecular flexibility index (Phi) is 6.42. The normalized spacial score (nSPS) is 18.1. The molecule has 18 heavy (non-hydrogen) atoms. The van der Waals surface area contributed by atoms with Gasteiger partial charge in [-0.3, -0.25) is 4.79 Å². The molecule has 3 nitrogen and oxygen atoms in total. The average Bonchev–Trinajstić information content (AvgIpc) is 2.33. The number of nitrogens with zero attached hydrogens (tertiary/aromatic N) is 1. The molecule has 0 unspecified atom stereocenters. The second kappa shape index (κ2) is 7.33. The molecule has 0 radical (unpaired) electrons. The Morgan fingerprint density at radius 2 is 1.94 bits per heavy atom. The van der Waals surface area contributed by atoms with Gasteiger partial charge in [0, 0.05) is 18.4 Å². The van der Waals surface area contributed by atoms with Gasteiger partial charge in [-0.1, -0.05) is 15.9 Å².